The molecule has 0 aliphatic rings. The molecule has 1 aromatic rings. The normalized spacial score (nSPS) is 9.86. The molecule has 0 N–H and O–H groups in total. The van der Waals surface area contributed by atoms with Gasteiger partial charge < -0.3 is 0 Å². The standard InChI is InChI=1S/C9H9NO3S/c1-2-9(11)7-5-6(14)3-4-8(7)10(12)13/h3-5,14H,2H2,1H3. The zero-order valence-corrected chi connectivity index (χ0v) is 8.45. The first-order valence-electron chi connectivity index (χ1n) is 4.07. The summed E-state index contributed by atoms with van der Waals surface area (Å²) in [5.74, 6) is -0.243. The third kappa shape index (κ3) is 2.11. The van der Waals surface area contributed by atoms with Crippen LogP contribution in [-0.2, 0) is 0 Å². The van der Waals surface area contributed by atoms with E-state index in [1.807, 2.05) is 0 Å². The topological polar surface area (TPSA) is 60.2 Å². The number of ketones is 1. The molecule has 0 atom stereocenters. The van der Waals surface area contributed by atoms with Crippen molar-refractivity contribution in [3.8, 4) is 0 Å². The summed E-state index contributed by atoms with van der Waals surface area (Å²) < 4.78 is 0. The number of hydrogen-bond donors (Lipinski definition) is 1. The number of carbonyl (C=O) groups is 1. The van der Waals surface area contributed by atoms with Gasteiger partial charge in [-0.25, -0.2) is 0 Å². The fourth-order valence-corrected chi connectivity index (χ4v) is 1.30. The highest BCUT2D eigenvalue weighted by atomic mass is 32.1. The van der Waals surface area contributed by atoms with Gasteiger partial charge in [0.05, 0.1) is 10.5 Å². The molecule has 0 amide bonds. The lowest BCUT2D eigenvalue weighted by Gasteiger charge is -2.00. The van der Waals surface area contributed by atoms with Gasteiger partial charge in [-0.15, -0.1) is 12.6 Å². The maximum Gasteiger partial charge on any atom is 0.280 e. The fourth-order valence-electron chi connectivity index (χ4n) is 1.10. The van der Waals surface area contributed by atoms with Crippen molar-refractivity contribution in [1.82, 2.24) is 0 Å². The third-order valence-electron chi connectivity index (χ3n) is 1.80. The van der Waals surface area contributed by atoms with Crippen LogP contribution in [0.2, 0.25) is 0 Å². The molecule has 0 unspecified atom stereocenters. The first-order chi connectivity index (χ1) is 6.56. The molecule has 0 spiro atoms. The second-order valence-electron chi connectivity index (χ2n) is 2.74. The van der Waals surface area contributed by atoms with E-state index in [9.17, 15) is 14.9 Å². The number of nitro groups is 1. The quantitative estimate of drug-likeness (QED) is 0.361. The van der Waals surface area contributed by atoms with Crippen molar-refractivity contribution in [2.45, 2.75) is 18.2 Å². The number of nitro benzene ring substituents is 1. The van der Waals surface area contributed by atoms with Gasteiger partial charge in [0.2, 0.25) is 0 Å². The molecule has 0 aliphatic carbocycles. The van der Waals surface area contributed by atoms with Crippen molar-refractivity contribution in [2.24, 2.45) is 0 Å². The lowest BCUT2D eigenvalue weighted by atomic mass is 10.1. The molecule has 1 aromatic carbocycles. The smallest absolute Gasteiger partial charge is 0.280 e. The molecule has 0 aliphatic heterocycles. The minimum Gasteiger partial charge on any atom is -0.294 e. The van der Waals surface area contributed by atoms with Gasteiger partial charge in [-0.2, -0.15) is 0 Å². The van der Waals surface area contributed by atoms with Gasteiger partial charge in [0.1, 0.15) is 0 Å². The average molecular weight is 211 g/mol. The number of hydrogen-bond acceptors (Lipinski definition) is 4. The summed E-state index contributed by atoms with van der Waals surface area (Å²) in [4.78, 5) is 21.9. The van der Waals surface area contributed by atoms with E-state index in [-0.39, 0.29) is 23.5 Å². The molecule has 0 aromatic heterocycles. The monoisotopic (exact) mass is 211 g/mol. The molecular weight excluding hydrogens is 202 g/mol. The Morgan fingerprint density at radius 3 is 2.71 bits per heavy atom. The highest BCUT2D eigenvalue weighted by Crippen LogP contribution is 2.22. The van der Waals surface area contributed by atoms with Crippen LogP contribution in [0.1, 0.15) is 23.7 Å². The molecule has 1 rings (SSSR count). The van der Waals surface area contributed by atoms with Gasteiger partial charge in [0.15, 0.2) is 5.78 Å². The van der Waals surface area contributed by atoms with E-state index in [4.69, 9.17) is 0 Å². The first kappa shape index (κ1) is 10.7. The van der Waals surface area contributed by atoms with Crippen molar-refractivity contribution >= 4 is 24.1 Å². The Hall–Kier alpha value is -1.36. The number of nitrogens with zero attached hydrogens (tertiary/aromatic N) is 1. The van der Waals surface area contributed by atoms with Crippen molar-refractivity contribution in [2.75, 3.05) is 0 Å². The van der Waals surface area contributed by atoms with E-state index >= 15 is 0 Å². The highest BCUT2D eigenvalue weighted by Gasteiger charge is 2.18. The van der Waals surface area contributed by atoms with E-state index < -0.39 is 4.92 Å². The number of benzene rings is 1. The largest absolute Gasteiger partial charge is 0.294 e. The van der Waals surface area contributed by atoms with Crippen molar-refractivity contribution in [3.63, 3.8) is 0 Å². The minimum atomic E-state index is -0.559. The van der Waals surface area contributed by atoms with Crippen LogP contribution < -0.4 is 0 Å². The molecule has 5 heteroatoms. The number of rotatable bonds is 3. The molecule has 0 heterocycles. The Kier molecular flexibility index (Phi) is 3.24. The van der Waals surface area contributed by atoms with Gasteiger partial charge in [0.25, 0.3) is 5.69 Å². The molecule has 0 bridgehead atoms. The summed E-state index contributed by atoms with van der Waals surface area (Å²) in [5.41, 5.74) is -0.0281. The van der Waals surface area contributed by atoms with Crippen LogP contribution in [0, 0.1) is 10.1 Å². The van der Waals surface area contributed by atoms with Crippen molar-refractivity contribution in [1.29, 1.82) is 0 Å². The molecule has 0 saturated carbocycles. The first-order valence-corrected chi connectivity index (χ1v) is 4.51. The molecule has 4 nitrogen and oxygen atoms in total. The number of thiol groups is 1. The molecular formula is C9H9NO3S. The van der Waals surface area contributed by atoms with Gasteiger partial charge >= 0.3 is 0 Å². The fraction of sp³-hybridized carbons (Fsp3) is 0.222. The molecule has 74 valence electrons. The predicted molar refractivity (Wildman–Crippen MR) is 55.0 cm³/mol. The predicted octanol–water partition coefficient (Wildman–Crippen LogP) is 2.48. The lowest BCUT2D eigenvalue weighted by molar-refractivity contribution is -0.385. The zero-order chi connectivity index (χ0) is 10.7. The number of Topliss-reactive ketones (excluding diaryl/α,β-unsaturated/α-hetero) is 1. The van der Waals surface area contributed by atoms with E-state index in [0.717, 1.165) is 0 Å². The Morgan fingerprint density at radius 2 is 2.21 bits per heavy atom. The Labute approximate surface area is 86.5 Å². The maximum atomic E-state index is 11.4. The van der Waals surface area contributed by atoms with Crippen LogP contribution in [0.4, 0.5) is 5.69 Å². The van der Waals surface area contributed by atoms with E-state index in [0.29, 0.717) is 4.90 Å². The molecule has 0 saturated heterocycles. The summed E-state index contributed by atoms with van der Waals surface area (Å²) in [6.07, 6.45) is 0.248. The summed E-state index contributed by atoms with van der Waals surface area (Å²) >= 11 is 4.03. The van der Waals surface area contributed by atoms with Crippen LogP contribution in [-0.4, -0.2) is 10.7 Å². The van der Waals surface area contributed by atoms with Crippen LogP contribution in [0.5, 0.6) is 0 Å². The minimum absolute atomic E-state index is 0.130. The van der Waals surface area contributed by atoms with Gasteiger partial charge in [0, 0.05) is 17.4 Å². The Balaban J connectivity index is 3.29. The van der Waals surface area contributed by atoms with Gasteiger partial charge in [-0.1, -0.05) is 6.92 Å². The van der Waals surface area contributed by atoms with Gasteiger partial charge in [-0.05, 0) is 12.1 Å². The second kappa shape index (κ2) is 4.23. The lowest BCUT2D eigenvalue weighted by Crippen LogP contribution is -2.02. The van der Waals surface area contributed by atoms with Crippen LogP contribution in [0.25, 0.3) is 0 Å². The summed E-state index contributed by atoms with van der Waals surface area (Å²) in [6, 6.07) is 4.21. The third-order valence-corrected chi connectivity index (χ3v) is 2.08. The highest BCUT2D eigenvalue weighted by molar-refractivity contribution is 7.80. The van der Waals surface area contributed by atoms with Crippen molar-refractivity contribution in [3.05, 3.63) is 33.9 Å². The molecule has 14 heavy (non-hydrogen) atoms. The number of carbonyl (C=O) groups excluding carboxylic acids is 1. The van der Waals surface area contributed by atoms with Crippen LogP contribution in [0.3, 0.4) is 0 Å². The second-order valence-corrected chi connectivity index (χ2v) is 3.25. The summed E-state index contributed by atoms with van der Waals surface area (Å²) in [6.45, 7) is 1.66. The average Bonchev–Trinajstić information content (AvgIpc) is 2.16. The van der Waals surface area contributed by atoms with Crippen molar-refractivity contribution < 1.29 is 9.72 Å². The summed E-state index contributed by atoms with van der Waals surface area (Å²) in [5, 5.41) is 10.6. The molecule has 0 radical (unpaired) electrons. The van der Waals surface area contributed by atoms with E-state index in [1.54, 1.807) is 6.92 Å². The molecule has 0 fully saturated rings. The van der Waals surface area contributed by atoms with Gasteiger partial charge in [-0.3, -0.25) is 14.9 Å². The Bertz CT molecular complexity index is 390. The van der Waals surface area contributed by atoms with E-state index in [2.05, 4.69) is 12.6 Å². The SMILES string of the molecule is CCC(=O)c1cc(S)ccc1[N+](=O)[O-]. The van der Waals surface area contributed by atoms with Crippen LogP contribution >= 0.6 is 12.6 Å². The van der Waals surface area contributed by atoms with Crippen LogP contribution in [0.15, 0.2) is 23.1 Å². The summed E-state index contributed by atoms with van der Waals surface area (Å²) in [7, 11) is 0. The maximum absolute atomic E-state index is 11.4. The van der Waals surface area contributed by atoms with E-state index in [1.165, 1.54) is 18.2 Å². The Morgan fingerprint density at radius 1 is 1.57 bits per heavy atom. The zero-order valence-electron chi connectivity index (χ0n) is 7.56.